The van der Waals surface area contributed by atoms with Crippen molar-refractivity contribution < 1.29 is 19.4 Å². The van der Waals surface area contributed by atoms with Crippen molar-refractivity contribution in [2.75, 3.05) is 25.2 Å². The molecule has 1 amide bonds. The first-order valence-corrected chi connectivity index (χ1v) is 10.8. The summed E-state index contributed by atoms with van der Waals surface area (Å²) in [4.78, 5) is 15.0. The third-order valence-electron chi connectivity index (χ3n) is 6.81. The molecule has 2 fully saturated rings. The van der Waals surface area contributed by atoms with E-state index in [1.165, 1.54) is 0 Å². The number of nitrogens with one attached hydrogen (secondary N) is 1. The van der Waals surface area contributed by atoms with Crippen LogP contribution in [0.15, 0.2) is 48.5 Å². The molecule has 3 aliphatic rings. The van der Waals surface area contributed by atoms with Crippen LogP contribution in [0.3, 0.4) is 0 Å². The molecule has 6 heteroatoms. The first-order chi connectivity index (χ1) is 14.6. The van der Waals surface area contributed by atoms with E-state index in [1.807, 2.05) is 42.5 Å². The van der Waals surface area contributed by atoms with Crippen LogP contribution in [0.25, 0.3) is 0 Å². The number of fused-ring (bicyclic) bond motifs is 2. The molecule has 2 aromatic carbocycles. The molecule has 2 aromatic rings. The lowest BCUT2D eigenvalue weighted by atomic mass is 9.66. The molecule has 2 heterocycles. The van der Waals surface area contributed by atoms with E-state index in [1.54, 1.807) is 0 Å². The summed E-state index contributed by atoms with van der Waals surface area (Å²) in [6, 6.07) is 15.5. The van der Waals surface area contributed by atoms with Gasteiger partial charge < -0.3 is 19.9 Å². The number of para-hydroxylation sites is 1. The number of piperidine rings is 1. The number of carbonyl (C=O) groups is 1. The molecule has 2 N–H and O–H groups in total. The zero-order valence-electron chi connectivity index (χ0n) is 17.0. The average Bonchev–Trinajstić information content (AvgIpc) is 3.22. The number of benzene rings is 2. The van der Waals surface area contributed by atoms with E-state index < -0.39 is 5.60 Å². The molecular formula is C24H28N2O4. The standard InChI is InChI=1S/C24H28N2O4/c27-22(25-18-6-2-1-3-7-18)15-26-13-12-24(28)11-5-4-8-19(24)23(26)17-9-10-20-21(14-17)30-16-29-20/h1-3,6-7,9-10,14,19,23,28H,4-5,8,11-13,15-16H2,(H,25,27). The van der Waals surface area contributed by atoms with Crippen LogP contribution in [-0.2, 0) is 4.79 Å². The van der Waals surface area contributed by atoms with Crippen molar-refractivity contribution in [2.45, 2.75) is 43.7 Å². The zero-order chi connectivity index (χ0) is 20.6. The molecule has 6 nitrogen and oxygen atoms in total. The summed E-state index contributed by atoms with van der Waals surface area (Å²) in [5, 5.41) is 14.4. The van der Waals surface area contributed by atoms with Crippen LogP contribution in [-0.4, -0.2) is 41.4 Å². The number of nitrogens with zero attached hydrogens (tertiary/aromatic N) is 1. The van der Waals surface area contributed by atoms with Gasteiger partial charge in [-0.2, -0.15) is 0 Å². The highest BCUT2D eigenvalue weighted by atomic mass is 16.7. The van der Waals surface area contributed by atoms with Crippen molar-refractivity contribution in [3.05, 3.63) is 54.1 Å². The smallest absolute Gasteiger partial charge is 0.238 e. The maximum absolute atomic E-state index is 12.8. The number of hydrogen-bond donors (Lipinski definition) is 2. The van der Waals surface area contributed by atoms with Crippen molar-refractivity contribution in [1.29, 1.82) is 0 Å². The van der Waals surface area contributed by atoms with Crippen molar-refractivity contribution >= 4 is 11.6 Å². The summed E-state index contributed by atoms with van der Waals surface area (Å²) in [6.45, 7) is 1.22. The summed E-state index contributed by atoms with van der Waals surface area (Å²) in [5.74, 6) is 1.56. The Labute approximate surface area is 176 Å². The molecule has 3 unspecified atom stereocenters. The number of rotatable bonds is 4. The summed E-state index contributed by atoms with van der Waals surface area (Å²) in [7, 11) is 0. The number of anilines is 1. The highest BCUT2D eigenvalue weighted by molar-refractivity contribution is 5.92. The van der Waals surface area contributed by atoms with Gasteiger partial charge in [0.25, 0.3) is 0 Å². The third kappa shape index (κ3) is 3.66. The van der Waals surface area contributed by atoms with Crippen LogP contribution in [0.1, 0.15) is 43.7 Å². The number of ether oxygens (including phenoxy) is 2. The van der Waals surface area contributed by atoms with Gasteiger partial charge in [-0.1, -0.05) is 37.1 Å². The largest absolute Gasteiger partial charge is 0.454 e. The molecule has 30 heavy (non-hydrogen) atoms. The Morgan fingerprint density at radius 2 is 1.93 bits per heavy atom. The van der Waals surface area contributed by atoms with Crippen molar-refractivity contribution in [2.24, 2.45) is 5.92 Å². The van der Waals surface area contributed by atoms with E-state index in [-0.39, 0.29) is 24.7 Å². The van der Waals surface area contributed by atoms with Gasteiger partial charge in [0.05, 0.1) is 12.1 Å². The Balaban J connectivity index is 1.42. The minimum atomic E-state index is -0.661. The lowest BCUT2D eigenvalue weighted by Gasteiger charge is -2.52. The fraction of sp³-hybridized carbons (Fsp3) is 0.458. The van der Waals surface area contributed by atoms with E-state index in [9.17, 15) is 9.90 Å². The second-order valence-electron chi connectivity index (χ2n) is 8.65. The Bertz CT molecular complexity index is 919. The van der Waals surface area contributed by atoms with Crippen LogP contribution in [0.2, 0.25) is 0 Å². The molecule has 0 aromatic heterocycles. The van der Waals surface area contributed by atoms with E-state index in [4.69, 9.17) is 9.47 Å². The van der Waals surface area contributed by atoms with Gasteiger partial charge in [-0.25, -0.2) is 0 Å². The fourth-order valence-corrected chi connectivity index (χ4v) is 5.37. The summed E-state index contributed by atoms with van der Waals surface area (Å²) in [5.41, 5.74) is 1.22. The lowest BCUT2D eigenvalue weighted by molar-refractivity contribution is -0.135. The Hall–Kier alpha value is -2.57. The maximum Gasteiger partial charge on any atom is 0.238 e. The molecule has 1 saturated heterocycles. The lowest BCUT2D eigenvalue weighted by Crippen LogP contribution is -2.56. The highest BCUT2D eigenvalue weighted by Crippen LogP contribution is 2.50. The van der Waals surface area contributed by atoms with Gasteiger partial charge in [0.1, 0.15) is 0 Å². The molecule has 2 aliphatic heterocycles. The Morgan fingerprint density at radius 3 is 2.80 bits per heavy atom. The molecular weight excluding hydrogens is 380 g/mol. The predicted octanol–water partition coefficient (Wildman–Crippen LogP) is 3.72. The van der Waals surface area contributed by atoms with Gasteiger partial charge in [-0.3, -0.25) is 9.69 Å². The van der Waals surface area contributed by atoms with Crippen LogP contribution < -0.4 is 14.8 Å². The van der Waals surface area contributed by atoms with Crippen LogP contribution in [0, 0.1) is 5.92 Å². The summed E-state index contributed by atoms with van der Waals surface area (Å²) in [6.07, 6.45) is 4.68. The van der Waals surface area contributed by atoms with E-state index >= 15 is 0 Å². The van der Waals surface area contributed by atoms with Crippen molar-refractivity contribution in [3.63, 3.8) is 0 Å². The van der Waals surface area contributed by atoms with Gasteiger partial charge in [-0.15, -0.1) is 0 Å². The van der Waals surface area contributed by atoms with Crippen LogP contribution in [0.4, 0.5) is 5.69 Å². The minimum Gasteiger partial charge on any atom is -0.454 e. The molecule has 0 spiro atoms. The van der Waals surface area contributed by atoms with Gasteiger partial charge in [-0.05, 0) is 49.1 Å². The van der Waals surface area contributed by atoms with E-state index in [2.05, 4.69) is 16.3 Å². The van der Waals surface area contributed by atoms with Gasteiger partial charge in [0, 0.05) is 24.2 Å². The van der Waals surface area contributed by atoms with Gasteiger partial charge in [0.15, 0.2) is 11.5 Å². The maximum atomic E-state index is 12.8. The van der Waals surface area contributed by atoms with Crippen LogP contribution in [0.5, 0.6) is 11.5 Å². The van der Waals surface area contributed by atoms with Crippen molar-refractivity contribution in [3.8, 4) is 11.5 Å². The first kappa shape index (κ1) is 19.4. The number of carbonyl (C=O) groups excluding carboxylic acids is 1. The average molecular weight is 408 g/mol. The number of hydrogen-bond acceptors (Lipinski definition) is 5. The summed E-state index contributed by atoms with van der Waals surface area (Å²) >= 11 is 0. The minimum absolute atomic E-state index is 0.0277. The SMILES string of the molecule is O=C(CN1CCC2(O)CCCCC2C1c1ccc2c(c1)OCO2)Nc1ccccc1. The Morgan fingerprint density at radius 1 is 1.10 bits per heavy atom. The number of likely N-dealkylation sites (tertiary alicyclic amines) is 1. The van der Waals surface area contributed by atoms with Gasteiger partial charge in [0.2, 0.25) is 12.7 Å². The van der Waals surface area contributed by atoms with Crippen molar-refractivity contribution in [1.82, 2.24) is 4.90 Å². The topological polar surface area (TPSA) is 71.0 Å². The normalized spacial score (nSPS) is 28.0. The molecule has 1 saturated carbocycles. The van der Waals surface area contributed by atoms with Gasteiger partial charge >= 0.3 is 0 Å². The second kappa shape index (κ2) is 7.93. The zero-order valence-corrected chi connectivity index (χ0v) is 17.0. The predicted molar refractivity (Wildman–Crippen MR) is 113 cm³/mol. The molecule has 0 radical (unpaired) electrons. The number of aliphatic hydroxyl groups is 1. The Kier molecular flexibility index (Phi) is 5.13. The van der Waals surface area contributed by atoms with Crippen LogP contribution >= 0.6 is 0 Å². The third-order valence-corrected chi connectivity index (χ3v) is 6.81. The van der Waals surface area contributed by atoms with E-state index in [0.717, 1.165) is 48.4 Å². The molecule has 3 atom stereocenters. The quantitative estimate of drug-likeness (QED) is 0.807. The molecule has 158 valence electrons. The molecule has 1 aliphatic carbocycles. The monoisotopic (exact) mass is 408 g/mol. The summed E-state index contributed by atoms with van der Waals surface area (Å²) < 4.78 is 11.1. The second-order valence-corrected chi connectivity index (χ2v) is 8.65. The fourth-order valence-electron chi connectivity index (χ4n) is 5.37. The highest BCUT2D eigenvalue weighted by Gasteiger charge is 2.49. The van der Waals surface area contributed by atoms with E-state index in [0.29, 0.717) is 19.5 Å². The molecule has 5 rings (SSSR count). The first-order valence-electron chi connectivity index (χ1n) is 10.8. The number of amides is 1. The molecule has 0 bridgehead atoms.